The number of carbonyl (C=O) groups is 1. The van der Waals surface area contributed by atoms with Gasteiger partial charge in [0, 0.05) is 0 Å². The van der Waals surface area contributed by atoms with Gasteiger partial charge in [0.1, 0.15) is 0 Å². The van der Waals surface area contributed by atoms with E-state index in [4.69, 9.17) is 5.11 Å². The fourth-order valence-electron chi connectivity index (χ4n) is 0.488. The Morgan fingerprint density at radius 3 is 2.40 bits per heavy atom. The minimum atomic E-state index is -0.686. The molecule has 0 spiro atoms. The van der Waals surface area contributed by atoms with Crippen molar-refractivity contribution in [3.05, 3.63) is 11.8 Å². The van der Waals surface area contributed by atoms with Crippen LogP contribution in [0.2, 0.25) is 0 Å². The molecule has 0 aromatic carbocycles. The highest BCUT2D eigenvalue weighted by molar-refractivity contribution is 5.85. The molecule has 0 amide bonds. The summed E-state index contributed by atoms with van der Waals surface area (Å²) >= 11 is 0. The first-order valence-electron chi connectivity index (χ1n) is 3.07. The van der Waals surface area contributed by atoms with Crippen molar-refractivity contribution in [2.45, 2.75) is 13.8 Å². The first-order chi connectivity index (χ1) is 4.57. The van der Waals surface area contributed by atoms with E-state index in [9.17, 15) is 4.79 Å². The molecule has 0 aliphatic carbocycles. The molecule has 0 bridgehead atoms. The topological polar surface area (TPSA) is 46.5 Å². The highest BCUT2D eigenvalue weighted by atomic mass is 16.5. The molecule has 0 aliphatic heterocycles. The number of hydrogen-bond donors (Lipinski definition) is 1. The monoisotopic (exact) mass is 144 g/mol. The molecule has 1 N–H and O–H groups in total. The molecule has 3 heteroatoms. The van der Waals surface area contributed by atoms with Gasteiger partial charge in [0.25, 0.3) is 0 Å². The van der Waals surface area contributed by atoms with Crippen molar-refractivity contribution in [3.63, 3.8) is 0 Å². The summed E-state index contributed by atoms with van der Waals surface area (Å²) in [5.74, 6) is -0.856. The van der Waals surface area contributed by atoms with Crippen molar-refractivity contribution in [3.8, 4) is 0 Å². The van der Waals surface area contributed by atoms with E-state index in [1.165, 1.54) is 13.2 Å². The second kappa shape index (κ2) is 3.93. The van der Waals surface area contributed by atoms with Crippen LogP contribution in [0.15, 0.2) is 11.8 Å². The van der Waals surface area contributed by atoms with Gasteiger partial charge in [-0.3, -0.25) is 0 Å². The third-order valence-electron chi connectivity index (χ3n) is 0.886. The second-order valence-corrected chi connectivity index (χ2v) is 2.29. The van der Waals surface area contributed by atoms with Gasteiger partial charge in [0.2, 0.25) is 0 Å². The van der Waals surface area contributed by atoms with E-state index in [2.05, 4.69) is 4.74 Å². The van der Waals surface area contributed by atoms with Gasteiger partial charge in [-0.25, -0.2) is 4.79 Å². The molecule has 0 saturated heterocycles. The molecule has 0 saturated carbocycles. The van der Waals surface area contributed by atoms with Crippen molar-refractivity contribution in [1.29, 1.82) is 0 Å². The molecule has 0 fully saturated rings. The Kier molecular flexibility index (Phi) is 3.54. The maximum Gasteiger partial charge on any atom is 0.372 e. The van der Waals surface area contributed by atoms with Crippen LogP contribution in [0, 0.1) is 5.92 Å². The van der Waals surface area contributed by atoms with Crippen LogP contribution in [0.4, 0.5) is 0 Å². The maximum atomic E-state index is 10.5. The smallest absolute Gasteiger partial charge is 0.372 e. The number of ether oxygens (including phenoxy) is 1. The van der Waals surface area contributed by atoms with E-state index in [1.807, 2.05) is 13.8 Å². The van der Waals surface area contributed by atoms with Gasteiger partial charge in [-0.1, -0.05) is 13.8 Å². The predicted octanol–water partition coefficient (Wildman–Crippen LogP) is 1.26. The Bertz CT molecular complexity index is 147. The van der Waals surface area contributed by atoms with Crippen molar-refractivity contribution >= 4 is 5.97 Å². The van der Waals surface area contributed by atoms with Crippen LogP contribution in [0.3, 0.4) is 0 Å². The SMILES string of the molecule is COC(=O)C(O)=CC(C)C. The predicted molar refractivity (Wildman–Crippen MR) is 37.6 cm³/mol. The van der Waals surface area contributed by atoms with E-state index >= 15 is 0 Å². The molecular weight excluding hydrogens is 132 g/mol. The third-order valence-corrected chi connectivity index (χ3v) is 0.886. The Balaban J connectivity index is 4.05. The molecule has 0 aromatic rings. The van der Waals surface area contributed by atoms with E-state index in [0.29, 0.717) is 0 Å². The minimum Gasteiger partial charge on any atom is -0.502 e. The standard InChI is InChI=1S/C7H12O3/c1-5(2)4-6(8)7(9)10-3/h4-5,8H,1-3H3. The lowest BCUT2D eigenvalue weighted by atomic mass is 10.2. The number of methoxy groups -OCH3 is 1. The number of aliphatic hydroxyl groups is 1. The summed E-state index contributed by atoms with van der Waals surface area (Å²) in [6, 6.07) is 0. The molecule has 10 heavy (non-hydrogen) atoms. The summed E-state index contributed by atoms with van der Waals surface area (Å²) < 4.78 is 4.26. The average molecular weight is 144 g/mol. The van der Waals surface area contributed by atoms with Crippen molar-refractivity contribution in [1.82, 2.24) is 0 Å². The van der Waals surface area contributed by atoms with Crippen LogP contribution in [0.1, 0.15) is 13.8 Å². The van der Waals surface area contributed by atoms with Crippen LogP contribution >= 0.6 is 0 Å². The molecule has 0 unspecified atom stereocenters. The Morgan fingerprint density at radius 1 is 1.60 bits per heavy atom. The van der Waals surface area contributed by atoms with Crippen LogP contribution in [-0.4, -0.2) is 18.2 Å². The third kappa shape index (κ3) is 3.12. The number of hydrogen-bond acceptors (Lipinski definition) is 3. The average Bonchev–Trinajstić information content (AvgIpc) is 1.85. The highest BCUT2D eigenvalue weighted by Crippen LogP contribution is 1.99. The van der Waals surface area contributed by atoms with Crippen molar-refractivity contribution in [2.24, 2.45) is 5.92 Å². The lowest BCUT2D eigenvalue weighted by molar-refractivity contribution is -0.139. The molecule has 0 aliphatic rings. The lowest BCUT2D eigenvalue weighted by Gasteiger charge is -1.98. The second-order valence-electron chi connectivity index (χ2n) is 2.29. The normalized spacial score (nSPS) is 11.8. The molecule has 3 nitrogen and oxygen atoms in total. The zero-order valence-corrected chi connectivity index (χ0v) is 6.42. The van der Waals surface area contributed by atoms with Gasteiger partial charge in [-0.05, 0) is 12.0 Å². The van der Waals surface area contributed by atoms with E-state index in [-0.39, 0.29) is 11.7 Å². The summed E-state index contributed by atoms with van der Waals surface area (Å²) in [5.41, 5.74) is 0. The van der Waals surface area contributed by atoms with Crippen molar-refractivity contribution in [2.75, 3.05) is 7.11 Å². The number of aliphatic hydroxyl groups excluding tert-OH is 1. The number of allylic oxidation sites excluding steroid dienone is 1. The van der Waals surface area contributed by atoms with Gasteiger partial charge >= 0.3 is 5.97 Å². The molecule has 0 aromatic heterocycles. The quantitative estimate of drug-likeness (QED) is 0.360. The van der Waals surface area contributed by atoms with Crippen molar-refractivity contribution < 1.29 is 14.6 Å². The van der Waals surface area contributed by atoms with Crippen LogP contribution in [0.25, 0.3) is 0 Å². The summed E-state index contributed by atoms with van der Waals surface area (Å²) in [4.78, 5) is 10.5. The fourth-order valence-corrected chi connectivity index (χ4v) is 0.488. The van der Waals surface area contributed by atoms with Crippen LogP contribution in [-0.2, 0) is 9.53 Å². The largest absolute Gasteiger partial charge is 0.502 e. The molecule has 0 heterocycles. The fraction of sp³-hybridized carbons (Fsp3) is 0.571. The molecular formula is C7H12O3. The molecule has 0 rings (SSSR count). The number of esters is 1. The first-order valence-corrected chi connectivity index (χ1v) is 3.07. The van der Waals surface area contributed by atoms with E-state index in [1.54, 1.807) is 0 Å². The number of rotatable bonds is 2. The zero-order chi connectivity index (χ0) is 8.15. The first kappa shape index (κ1) is 9.01. The molecule has 0 atom stereocenters. The van der Waals surface area contributed by atoms with Crippen LogP contribution < -0.4 is 0 Å². The maximum absolute atomic E-state index is 10.5. The number of carbonyl (C=O) groups excluding carboxylic acids is 1. The van der Waals surface area contributed by atoms with E-state index < -0.39 is 5.97 Å². The summed E-state index contributed by atoms with van der Waals surface area (Å²) in [6.45, 7) is 3.72. The minimum absolute atomic E-state index is 0.152. The van der Waals surface area contributed by atoms with Gasteiger partial charge in [0.15, 0.2) is 5.76 Å². The Morgan fingerprint density at radius 2 is 2.10 bits per heavy atom. The Hall–Kier alpha value is -0.990. The van der Waals surface area contributed by atoms with Crippen LogP contribution in [0.5, 0.6) is 0 Å². The van der Waals surface area contributed by atoms with Gasteiger partial charge in [-0.15, -0.1) is 0 Å². The lowest BCUT2D eigenvalue weighted by Crippen LogP contribution is -2.04. The van der Waals surface area contributed by atoms with Gasteiger partial charge in [-0.2, -0.15) is 0 Å². The molecule has 58 valence electrons. The summed E-state index contributed by atoms with van der Waals surface area (Å²) in [6.07, 6.45) is 1.44. The summed E-state index contributed by atoms with van der Waals surface area (Å²) in [5, 5.41) is 8.87. The van der Waals surface area contributed by atoms with Gasteiger partial charge in [0.05, 0.1) is 7.11 Å². The summed E-state index contributed by atoms with van der Waals surface area (Å²) in [7, 11) is 1.23. The molecule has 0 radical (unpaired) electrons. The van der Waals surface area contributed by atoms with E-state index in [0.717, 1.165) is 0 Å². The highest BCUT2D eigenvalue weighted by Gasteiger charge is 2.05. The Labute approximate surface area is 60.3 Å². The van der Waals surface area contributed by atoms with Gasteiger partial charge < -0.3 is 9.84 Å². The zero-order valence-electron chi connectivity index (χ0n) is 6.42.